The van der Waals surface area contributed by atoms with Crippen LogP contribution in [0.5, 0.6) is 5.75 Å². The molecule has 3 nitrogen and oxygen atoms in total. The van der Waals surface area contributed by atoms with Crippen molar-refractivity contribution in [3.63, 3.8) is 0 Å². The largest absolute Gasteiger partial charge is 0.494 e. The van der Waals surface area contributed by atoms with E-state index in [0.717, 1.165) is 12.1 Å². The van der Waals surface area contributed by atoms with Gasteiger partial charge in [-0.15, -0.1) is 0 Å². The molecule has 1 atom stereocenters. The van der Waals surface area contributed by atoms with Crippen molar-refractivity contribution in [2.45, 2.75) is 13.0 Å². The Hall–Kier alpha value is -1.13. The van der Waals surface area contributed by atoms with Crippen molar-refractivity contribution in [2.75, 3.05) is 26.8 Å². The van der Waals surface area contributed by atoms with Gasteiger partial charge >= 0.3 is 0 Å². The van der Waals surface area contributed by atoms with Crippen LogP contribution < -0.4 is 10.1 Å². The summed E-state index contributed by atoms with van der Waals surface area (Å²) in [5, 5.41) is 3.18. The molecule has 1 saturated heterocycles. The van der Waals surface area contributed by atoms with Gasteiger partial charge in [0.1, 0.15) is 0 Å². The molecule has 1 aromatic rings. The van der Waals surface area contributed by atoms with Crippen LogP contribution >= 0.6 is 0 Å². The number of morpholine rings is 1. The molecular weight excluding hydrogens is 209 g/mol. The smallest absolute Gasteiger partial charge is 0.170 e. The molecule has 1 unspecified atom stereocenters. The number of hydrogen-bond donors (Lipinski definition) is 1. The molecule has 1 aliphatic heterocycles. The molecule has 1 aliphatic rings. The molecule has 0 aliphatic carbocycles. The summed E-state index contributed by atoms with van der Waals surface area (Å²) >= 11 is 0. The minimum Gasteiger partial charge on any atom is -0.494 e. The third kappa shape index (κ3) is 2.18. The molecule has 0 radical (unpaired) electrons. The van der Waals surface area contributed by atoms with Crippen molar-refractivity contribution in [1.82, 2.24) is 5.32 Å². The van der Waals surface area contributed by atoms with Crippen molar-refractivity contribution >= 4 is 0 Å². The lowest BCUT2D eigenvalue weighted by Crippen LogP contribution is -2.33. The van der Waals surface area contributed by atoms with Gasteiger partial charge in [-0.25, -0.2) is 4.39 Å². The number of nitrogens with one attached hydrogen (secondary N) is 1. The Morgan fingerprint density at radius 1 is 1.50 bits per heavy atom. The average molecular weight is 225 g/mol. The van der Waals surface area contributed by atoms with Crippen LogP contribution in [0.2, 0.25) is 0 Å². The second-order valence-electron chi connectivity index (χ2n) is 3.93. The molecule has 0 bridgehead atoms. The standard InChI is InChI=1S/C12H16FNO2/c1-8-5-9(11-7-14-3-4-16-11)12(13)10(6-8)15-2/h5-6,11,14H,3-4,7H2,1-2H3. The van der Waals surface area contributed by atoms with Crippen molar-refractivity contribution in [3.8, 4) is 5.75 Å². The fourth-order valence-corrected chi connectivity index (χ4v) is 1.91. The van der Waals surface area contributed by atoms with E-state index >= 15 is 0 Å². The highest BCUT2D eigenvalue weighted by atomic mass is 19.1. The predicted molar refractivity (Wildman–Crippen MR) is 59.3 cm³/mol. The van der Waals surface area contributed by atoms with Gasteiger partial charge in [0.25, 0.3) is 0 Å². The molecule has 0 saturated carbocycles. The van der Waals surface area contributed by atoms with E-state index in [-0.39, 0.29) is 17.7 Å². The van der Waals surface area contributed by atoms with Gasteiger partial charge in [-0.05, 0) is 18.6 Å². The molecule has 88 valence electrons. The van der Waals surface area contributed by atoms with E-state index in [0.29, 0.717) is 18.7 Å². The Labute approximate surface area is 94.6 Å². The Morgan fingerprint density at radius 2 is 2.31 bits per heavy atom. The SMILES string of the molecule is COc1cc(C)cc(C2CNCCO2)c1F. The van der Waals surface area contributed by atoms with Crippen molar-refractivity contribution < 1.29 is 13.9 Å². The number of hydrogen-bond acceptors (Lipinski definition) is 3. The molecule has 1 heterocycles. The van der Waals surface area contributed by atoms with Crippen LogP contribution in [0.15, 0.2) is 12.1 Å². The fourth-order valence-electron chi connectivity index (χ4n) is 1.91. The minimum absolute atomic E-state index is 0.220. The number of halogens is 1. The van der Waals surface area contributed by atoms with Gasteiger partial charge in [0.2, 0.25) is 0 Å². The summed E-state index contributed by atoms with van der Waals surface area (Å²) < 4.78 is 24.6. The molecule has 1 N–H and O–H groups in total. The predicted octanol–water partition coefficient (Wildman–Crippen LogP) is 1.80. The van der Waals surface area contributed by atoms with E-state index in [4.69, 9.17) is 9.47 Å². The number of methoxy groups -OCH3 is 1. The summed E-state index contributed by atoms with van der Waals surface area (Å²) in [7, 11) is 1.47. The van der Waals surface area contributed by atoms with E-state index in [1.807, 2.05) is 13.0 Å². The zero-order chi connectivity index (χ0) is 11.5. The summed E-state index contributed by atoms with van der Waals surface area (Å²) in [5.41, 5.74) is 1.55. The first-order valence-corrected chi connectivity index (χ1v) is 5.38. The first-order valence-electron chi connectivity index (χ1n) is 5.38. The molecular formula is C12H16FNO2. The third-order valence-electron chi connectivity index (χ3n) is 2.71. The first kappa shape index (κ1) is 11.4. The maximum absolute atomic E-state index is 14.0. The summed E-state index contributed by atoms with van der Waals surface area (Å²) in [6, 6.07) is 3.50. The zero-order valence-electron chi connectivity index (χ0n) is 9.55. The van der Waals surface area contributed by atoms with Crippen LogP contribution in [0.1, 0.15) is 17.2 Å². The molecule has 1 fully saturated rings. The monoisotopic (exact) mass is 225 g/mol. The lowest BCUT2D eigenvalue weighted by Gasteiger charge is -2.25. The second kappa shape index (κ2) is 4.80. The van der Waals surface area contributed by atoms with Gasteiger partial charge in [0, 0.05) is 18.7 Å². The molecule has 0 spiro atoms. The van der Waals surface area contributed by atoms with Gasteiger partial charge in [-0.3, -0.25) is 0 Å². The quantitative estimate of drug-likeness (QED) is 0.832. The maximum Gasteiger partial charge on any atom is 0.170 e. The van der Waals surface area contributed by atoms with Crippen LogP contribution in [0.4, 0.5) is 4.39 Å². The lowest BCUT2D eigenvalue weighted by atomic mass is 10.0. The Morgan fingerprint density at radius 3 is 2.94 bits per heavy atom. The summed E-state index contributed by atoms with van der Waals surface area (Å²) in [6.45, 7) is 3.99. The topological polar surface area (TPSA) is 30.5 Å². The van der Waals surface area contributed by atoms with Gasteiger partial charge in [0.05, 0.1) is 19.8 Å². The van der Waals surface area contributed by atoms with Crippen molar-refractivity contribution in [2.24, 2.45) is 0 Å². The van der Waals surface area contributed by atoms with Crippen LogP contribution in [0.25, 0.3) is 0 Å². The Kier molecular flexibility index (Phi) is 3.41. The number of ether oxygens (including phenoxy) is 2. The van der Waals surface area contributed by atoms with E-state index < -0.39 is 0 Å². The van der Waals surface area contributed by atoms with Gasteiger partial charge in [-0.1, -0.05) is 6.07 Å². The molecule has 2 rings (SSSR count). The van der Waals surface area contributed by atoms with Crippen molar-refractivity contribution in [1.29, 1.82) is 0 Å². The Bertz CT molecular complexity index is 376. The molecule has 0 aromatic heterocycles. The van der Waals surface area contributed by atoms with E-state index in [1.54, 1.807) is 6.07 Å². The van der Waals surface area contributed by atoms with Crippen molar-refractivity contribution in [3.05, 3.63) is 29.1 Å². The maximum atomic E-state index is 14.0. The molecule has 4 heteroatoms. The van der Waals surface area contributed by atoms with Gasteiger partial charge < -0.3 is 14.8 Å². The highest BCUT2D eigenvalue weighted by molar-refractivity contribution is 5.37. The van der Waals surface area contributed by atoms with E-state index in [2.05, 4.69) is 5.32 Å². The van der Waals surface area contributed by atoms with Gasteiger partial charge in [-0.2, -0.15) is 0 Å². The summed E-state index contributed by atoms with van der Waals surface area (Å²) in [6.07, 6.45) is -0.220. The highest BCUT2D eigenvalue weighted by Crippen LogP contribution is 2.29. The lowest BCUT2D eigenvalue weighted by molar-refractivity contribution is 0.0252. The average Bonchev–Trinajstić information content (AvgIpc) is 2.33. The van der Waals surface area contributed by atoms with E-state index in [9.17, 15) is 4.39 Å². The Balaban J connectivity index is 2.34. The third-order valence-corrected chi connectivity index (χ3v) is 2.71. The van der Waals surface area contributed by atoms with E-state index in [1.165, 1.54) is 7.11 Å². The minimum atomic E-state index is -0.318. The van der Waals surface area contributed by atoms with Crippen LogP contribution in [-0.2, 0) is 4.74 Å². The summed E-state index contributed by atoms with van der Waals surface area (Å²) in [4.78, 5) is 0. The summed E-state index contributed by atoms with van der Waals surface area (Å²) in [5.74, 6) is -0.0361. The molecule has 1 aromatic carbocycles. The van der Waals surface area contributed by atoms with Crippen LogP contribution in [-0.4, -0.2) is 26.8 Å². The van der Waals surface area contributed by atoms with Crippen LogP contribution in [0.3, 0.4) is 0 Å². The molecule has 16 heavy (non-hydrogen) atoms. The second-order valence-corrected chi connectivity index (χ2v) is 3.93. The molecule has 0 amide bonds. The highest BCUT2D eigenvalue weighted by Gasteiger charge is 2.21. The number of benzene rings is 1. The fraction of sp³-hybridized carbons (Fsp3) is 0.500. The number of aryl methyl sites for hydroxylation is 1. The van der Waals surface area contributed by atoms with Crippen LogP contribution in [0, 0.1) is 12.7 Å². The van der Waals surface area contributed by atoms with Gasteiger partial charge in [0.15, 0.2) is 11.6 Å². The first-order chi connectivity index (χ1) is 7.72. The normalized spacial score (nSPS) is 20.8. The number of rotatable bonds is 2. The zero-order valence-corrected chi connectivity index (χ0v) is 9.55.